The van der Waals surface area contributed by atoms with Crippen LogP contribution in [0.15, 0.2) is 0 Å². The molecule has 4 N–H and O–H groups in total. The van der Waals surface area contributed by atoms with Gasteiger partial charge in [-0.3, -0.25) is 4.79 Å². The molecule has 1 atom stereocenters. The van der Waals surface area contributed by atoms with E-state index in [1.807, 2.05) is 0 Å². The maximum absolute atomic E-state index is 11.9. The first-order valence-corrected chi connectivity index (χ1v) is 7.84. The first-order valence-electron chi connectivity index (χ1n) is 7.02. The molecule has 0 spiro atoms. The van der Waals surface area contributed by atoms with Crippen LogP contribution >= 0.6 is 11.3 Å². The first-order chi connectivity index (χ1) is 9.11. The van der Waals surface area contributed by atoms with Crippen LogP contribution in [-0.4, -0.2) is 19.0 Å². The lowest BCUT2D eigenvalue weighted by Gasteiger charge is -2.14. The third-order valence-electron chi connectivity index (χ3n) is 4.09. The van der Waals surface area contributed by atoms with Crippen molar-refractivity contribution in [1.82, 2.24) is 5.32 Å². The van der Waals surface area contributed by atoms with Gasteiger partial charge >= 0.3 is 0 Å². The quantitative estimate of drug-likeness (QED) is 0.776. The standard InChI is InChI=1S/C14H21N3OS/c1-7(8-3-4-8)17-14-10(9-5-6-9)11(15)12(19-14)13(18)16-2/h7-9,17H,3-6,15H2,1-2H3,(H,16,18). The molecule has 19 heavy (non-hydrogen) atoms. The van der Waals surface area contributed by atoms with Crippen LogP contribution in [-0.2, 0) is 0 Å². The van der Waals surface area contributed by atoms with Crippen LogP contribution in [0.4, 0.5) is 10.7 Å². The molecule has 5 heteroatoms. The van der Waals surface area contributed by atoms with Gasteiger partial charge in [0, 0.05) is 18.7 Å². The monoisotopic (exact) mass is 279 g/mol. The summed E-state index contributed by atoms with van der Waals surface area (Å²) in [6, 6.07) is 0.480. The number of amides is 1. The van der Waals surface area contributed by atoms with Gasteiger partial charge in [-0.15, -0.1) is 11.3 Å². The molecule has 4 nitrogen and oxygen atoms in total. The Kier molecular flexibility index (Phi) is 3.17. The van der Waals surface area contributed by atoms with Crippen LogP contribution in [0.2, 0.25) is 0 Å². The second-order valence-electron chi connectivity index (χ2n) is 5.71. The number of carbonyl (C=O) groups excluding carboxylic acids is 1. The van der Waals surface area contributed by atoms with E-state index in [0.717, 1.165) is 10.9 Å². The maximum atomic E-state index is 11.9. The summed E-state index contributed by atoms with van der Waals surface area (Å²) in [5, 5.41) is 7.39. The molecule has 1 heterocycles. The van der Waals surface area contributed by atoms with Gasteiger partial charge in [-0.05, 0) is 44.4 Å². The SMILES string of the molecule is CNC(=O)c1sc(NC(C)C2CC2)c(C2CC2)c1N. The van der Waals surface area contributed by atoms with Crippen molar-refractivity contribution in [3.05, 3.63) is 10.4 Å². The molecule has 2 aliphatic carbocycles. The summed E-state index contributed by atoms with van der Waals surface area (Å²) >= 11 is 1.51. The van der Waals surface area contributed by atoms with Crippen LogP contribution in [0.1, 0.15) is 53.8 Å². The molecule has 1 aromatic heterocycles. The van der Waals surface area contributed by atoms with E-state index < -0.39 is 0 Å². The van der Waals surface area contributed by atoms with Crippen LogP contribution in [0.5, 0.6) is 0 Å². The number of hydrogen-bond acceptors (Lipinski definition) is 4. The number of nitrogens with one attached hydrogen (secondary N) is 2. The topological polar surface area (TPSA) is 67.2 Å². The van der Waals surface area contributed by atoms with E-state index in [0.29, 0.717) is 22.5 Å². The number of anilines is 2. The fraction of sp³-hybridized carbons (Fsp3) is 0.643. The lowest BCUT2D eigenvalue weighted by atomic mass is 10.1. The molecule has 0 aromatic carbocycles. The van der Waals surface area contributed by atoms with Crippen molar-refractivity contribution < 1.29 is 4.79 Å². The van der Waals surface area contributed by atoms with Crippen molar-refractivity contribution >= 4 is 27.9 Å². The molecule has 2 fully saturated rings. The first kappa shape index (κ1) is 12.8. The molecule has 3 rings (SSSR count). The van der Waals surface area contributed by atoms with Crippen LogP contribution in [0, 0.1) is 5.92 Å². The van der Waals surface area contributed by atoms with Crippen molar-refractivity contribution in [1.29, 1.82) is 0 Å². The highest BCUT2D eigenvalue weighted by Crippen LogP contribution is 2.51. The molecule has 2 aliphatic rings. The summed E-state index contributed by atoms with van der Waals surface area (Å²) in [7, 11) is 1.65. The van der Waals surface area contributed by atoms with E-state index >= 15 is 0 Å². The predicted octanol–water partition coefficient (Wildman–Crippen LogP) is 2.78. The Morgan fingerprint density at radius 3 is 2.58 bits per heavy atom. The molecule has 2 saturated carbocycles. The molecule has 1 amide bonds. The van der Waals surface area contributed by atoms with Gasteiger partial charge < -0.3 is 16.4 Å². The summed E-state index contributed by atoms with van der Waals surface area (Å²) in [4.78, 5) is 12.5. The van der Waals surface area contributed by atoms with Gasteiger partial charge in [0.15, 0.2) is 0 Å². The Morgan fingerprint density at radius 1 is 1.37 bits per heavy atom. The summed E-state index contributed by atoms with van der Waals surface area (Å²) in [6.07, 6.45) is 5.02. The number of thiophene rings is 1. The second kappa shape index (κ2) is 4.71. The van der Waals surface area contributed by atoms with Gasteiger partial charge in [0.2, 0.25) is 0 Å². The van der Waals surface area contributed by atoms with Gasteiger partial charge in [0.1, 0.15) is 4.88 Å². The van der Waals surface area contributed by atoms with Crippen molar-refractivity contribution in [2.24, 2.45) is 5.92 Å². The van der Waals surface area contributed by atoms with E-state index in [1.165, 1.54) is 42.6 Å². The minimum atomic E-state index is -0.0727. The summed E-state index contributed by atoms with van der Waals surface area (Å²) in [5.74, 6) is 1.28. The number of carbonyl (C=O) groups is 1. The Hall–Kier alpha value is -1.23. The molecule has 0 saturated heterocycles. The van der Waals surface area contributed by atoms with E-state index in [4.69, 9.17) is 5.73 Å². The summed E-state index contributed by atoms with van der Waals surface area (Å²) in [5.41, 5.74) is 8.08. The lowest BCUT2D eigenvalue weighted by Crippen LogP contribution is -2.17. The number of nitrogens with two attached hydrogens (primary N) is 1. The average molecular weight is 279 g/mol. The van der Waals surface area contributed by atoms with E-state index in [1.54, 1.807) is 7.05 Å². The van der Waals surface area contributed by atoms with Gasteiger partial charge in [0.05, 0.1) is 10.7 Å². The van der Waals surface area contributed by atoms with Crippen molar-refractivity contribution in [2.45, 2.75) is 44.6 Å². The fourth-order valence-corrected chi connectivity index (χ4v) is 3.79. The number of hydrogen-bond donors (Lipinski definition) is 3. The van der Waals surface area contributed by atoms with Gasteiger partial charge in [-0.1, -0.05) is 0 Å². The third-order valence-corrected chi connectivity index (χ3v) is 5.24. The average Bonchev–Trinajstić information content (AvgIpc) is 3.26. The van der Waals surface area contributed by atoms with E-state index in [9.17, 15) is 4.79 Å². The highest BCUT2D eigenvalue weighted by Gasteiger charge is 2.35. The highest BCUT2D eigenvalue weighted by molar-refractivity contribution is 7.18. The number of rotatable bonds is 5. The molecule has 0 aliphatic heterocycles. The van der Waals surface area contributed by atoms with Crippen molar-refractivity contribution in [2.75, 3.05) is 18.1 Å². The molecule has 1 unspecified atom stereocenters. The molecule has 1 aromatic rings. The van der Waals surface area contributed by atoms with E-state index in [2.05, 4.69) is 17.6 Å². The molecule has 0 bridgehead atoms. The van der Waals surface area contributed by atoms with E-state index in [-0.39, 0.29) is 5.91 Å². The predicted molar refractivity (Wildman–Crippen MR) is 79.9 cm³/mol. The molecule has 0 radical (unpaired) electrons. The third kappa shape index (κ3) is 2.43. The van der Waals surface area contributed by atoms with Crippen molar-refractivity contribution in [3.8, 4) is 0 Å². The van der Waals surface area contributed by atoms with Crippen LogP contribution in [0.25, 0.3) is 0 Å². The minimum Gasteiger partial charge on any atom is -0.397 e. The zero-order valence-electron chi connectivity index (χ0n) is 11.5. The van der Waals surface area contributed by atoms with Gasteiger partial charge in [-0.25, -0.2) is 0 Å². The molecular weight excluding hydrogens is 258 g/mol. The van der Waals surface area contributed by atoms with Gasteiger partial charge in [-0.2, -0.15) is 0 Å². The van der Waals surface area contributed by atoms with Crippen LogP contribution in [0.3, 0.4) is 0 Å². The number of nitrogen functional groups attached to an aromatic ring is 1. The maximum Gasteiger partial charge on any atom is 0.263 e. The summed E-state index contributed by atoms with van der Waals surface area (Å²) in [6.45, 7) is 2.23. The second-order valence-corrected chi connectivity index (χ2v) is 6.73. The smallest absolute Gasteiger partial charge is 0.263 e. The largest absolute Gasteiger partial charge is 0.397 e. The highest BCUT2D eigenvalue weighted by atomic mass is 32.1. The molecule has 104 valence electrons. The fourth-order valence-electron chi connectivity index (χ4n) is 2.54. The Bertz CT molecular complexity index is 503. The van der Waals surface area contributed by atoms with Gasteiger partial charge in [0.25, 0.3) is 5.91 Å². The van der Waals surface area contributed by atoms with Crippen molar-refractivity contribution in [3.63, 3.8) is 0 Å². The normalized spacial score (nSPS) is 20.1. The minimum absolute atomic E-state index is 0.0727. The summed E-state index contributed by atoms with van der Waals surface area (Å²) < 4.78 is 0. The Morgan fingerprint density at radius 2 is 2.05 bits per heavy atom. The van der Waals surface area contributed by atoms with Crippen LogP contribution < -0.4 is 16.4 Å². The zero-order chi connectivity index (χ0) is 13.6. The Balaban J connectivity index is 1.90. The lowest BCUT2D eigenvalue weighted by molar-refractivity contribution is 0.0968. The molecular formula is C14H21N3OS. The Labute approximate surface area is 117 Å². The zero-order valence-corrected chi connectivity index (χ0v) is 12.3.